The molecule has 0 radical (unpaired) electrons. The minimum atomic E-state index is -0.0943. The van der Waals surface area contributed by atoms with E-state index in [2.05, 4.69) is 22.1 Å². The zero-order chi connectivity index (χ0) is 21.5. The molecular formula is C23H26ClN5O. The lowest BCUT2D eigenvalue weighted by Crippen LogP contribution is -2.21. The van der Waals surface area contributed by atoms with Crippen LogP contribution in [-0.2, 0) is 13.1 Å². The molecule has 0 aliphatic carbocycles. The lowest BCUT2D eigenvalue weighted by atomic mass is 10.0. The summed E-state index contributed by atoms with van der Waals surface area (Å²) in [4.78, 5) is 15.3. The van der Waals surface area contributed by atoms with Crippen LogP contribution in [0.1, 0.15) is 34.0 Å². The third-order valence-corrected chi connectivity index (χ3v) is 4.78. The number of hydrogen-bond acceptors (Lipinski definition) is 5. The SMILES string of the molecule is C=CCCNCc1nnc(CN(C)C)n1-c1ccc(Cl)cc1C(=O)c1ccccc1. The number of aromatic nitrogens is 3. The molecule has 3 aromatic rings. The molecule has 0 atom stereocenters. The molecule has 1 N–H and O–H groups in total. The van der Waals surface area contributed by atoms with E-state index in [-0.39, 0.29) is 5.78 Å². The summed E-state index contributed by atoms with van der Waals surface area (Å²) in [6, 6.07) is 14.5. The molecule has 156 valence electrons. The molecule has 30 heavy (non-hydrogen) atoms. The molecule has 6 nitrogen and oxygen atoms in total. The second-order valence-corrected chi connectivity index (χ2v) is 7.65. The minimum Gasteiger partial charge on any atom is -0.310 e. The van der Waals surface area contributed by atoms with Gasteiger partial charge in [0.05, 0.1) is 18.8 Å². The highest BCUT2D eigenvalue weighted by atomic mass is 35.5. The molecule has 0 aliphatic rings. The molecule has 0 saturated carbocycles. The fourth-order valence-corrected chi connectivity index (χ4v) is 3.34. The Balaban J connectivity index is 2.08. The van der Waals surface area contributed by atoms with Crippen molar-refractivity contribution in [2.45, 2.75) is 19.5 Å². The summed E-state index contributed by atoms with van der Waals surface area (Å²) in [5.74, 6) is 1.40. The van der Waals surface area contributed by atoms with Gasteiger partial charge in [0, 0.05) is 16.1 Å². The molecule has 0 fully saturated rings. The van der Waals surface area contributed by atoms with E-state index in [1.807, 2.05) is 53.9 Å². The summed E-state index contributed by atoms with van der Waals surface area (Å²) in [5, 5.41) is 12.6. The Hall–Kier alpha value is -2.80. The van der Waals surface area contributed by atoms with E-state index in [4.69, 9.17) is 11.6 Å². The second kappa shape index (κ2) is 10.3. The van der Waals surface area contributed by atoms with Gasteiger partial charge in [0.1, 0.15) is 0 Å². The van der Waals surface area contributed by atoms with Crippen LogP contribution in [0.5, 0.6) is 0 Å². The molecule has 3 rings (SSSR count). The standard InChI is InChI=1S/C23H26ClN5O/c1-4-5-13-25-15-21-26-27-22(16-28(2)3)29(21)20-12-11-18(24)14-19(20)23(30)17-9-7-6-8-10-17/h4,6-12,14,25H,1,5,13,15-16H2,2-3H3. The Morgan fingerprint density at radius 1 is 1.17 bits per heavy atom. The lowest BCUT2D eigenvalue weighted by molar-refractivity contribution is 0.103. The number of nitrogens with one attached hydrogen (secondary N) is 1. The van der Waals surface area contributed by atoms with Crippen molar-refractivity contribution >= 4 is 17.4 Å². The van der Waals surface area contributed by atoms with Crippen LogP contribution in [0.3, 0.4) is 0 Å². The first-order chi connectivity index (χ1) is 14.5. The van der Waals surface area contributed by atoms with E-state index in [1.54, 1.807) is 24.3 Å². The van der Waals surface area contributed by atoms with Gasteiger partial charge in [-0.05, 0) is 45.3 Å². The highest BCUT2D eigenvalue weighted by Gasteiger charge is 2.21. The average Bonchev–Trinajstić information content (AvgIpc) is 3.12. The predicted molar refractivity (Wildman–Crippen MR) is 120 cm³/mol. The van der Waals surface area contributed by atoms with E-state index in [1.165, 1.54) is 0 Å². The van der Waals surface area contributed by atoms with Gasteiger partial charge in [-0.25, -0.2) is 0 Å². The van der Waals surface area contributed by atoms with Crippen LogP contribution < -0.4 is 5.32 Å². The van der Waals surface area contributed by atoms with Crippen LogP contribution in [0.25, 0.3) is 5.69 Å². The third-order valence-electron chi connectivity index (χ3n) is 4.54. The molecule has 0 saturated heterocycles. The molecule has 0 amide bonds. The number of carbonyl (C=O) groups is 1. The Bertz CT molecular complexity index is 1010. The molecule has 2 aromatic carbocycles. The van der Waals surface area contributed by atoms with Gasteiger partial charge in [-0.2, -0.15) is 0 Å². The maximum atomic E-state index is 13.3. The molecule has 0 unspecified atom stereocenters. The van der Waals surface area contributed by atoms with Gasteiger partial charge < -0.3 is 10.2 Å². The van der Waals surface area contributed by atoms with Gasteiger partial charge in [0.25, 0.3) is 0 Å². The van der Waals surface area contributed by atoms with Crippen molar-refractivity contribution in [3.63, 3.8) is 0 Å². The van der Waals surface area contributed by atoms with Gasteiger partial charge in [-0.15, -0.1) is 16.8 Å². The van der Waals surface area contributed by atoms with Crippen LogP contribution >= 0.6 is 11.6 Å². The van der Waals surface area contributed by atoms with Crippen LogP contribution in [0.4, 0.5) is 0 Å². The van der Waals surface area contributed by atoms with E-state index >= 15 is 0 Å². The maximum absolute atomic E-state index is 13.3. The normalized spacial score (nSPS) is 11.1. The Morgan fingerprint density at radius 2 is 1.90 bits per heavy atom. The number of rotatable bonds is 10. The number of hydrogen-bond donors (Lipinski definition) is 1. The molecule has 1 heterocycles. The summed E-state index contributed by atoms with van der Waals surface area (Å²) < 4.78 is 1.95. The quantitative estimate of drug-likeness (QED) is 0.304. The van der Waals surface area contributed by atoms with Crippen LogP contribution in [0.2, 0.25) is 5.02 Å². The van der Waals surface area contributed by atoms with Crippen molar-refractivity contribution in [1.82, 2.24) is 25.0 Å². The molecule has 1 aromatic heterocycles. The highest BCUT2D eigenvalue weighted by Crippen LogP contribution is 2.25. The molecular weight excluding hydrogens is 398 g/mol. The number of nitrogens with zero attached hydrogens (tertiary/aromatic N) is 4. The van der Waals surface area contributed by atoms with Crippen LogP contribution in [0, 0.1) is 0 Å². The third kappa shape index (κ3) is 5.21. The monoisotopic (exact) mass is 423 g/mol. The van der Waals surface area contributed by atoms with E-state index in [0.29, 0.717) is 29.2 Å². The highest BCUT2D eigenvalue weighted by molar-refractivity contribution is 6.31. The van der Waals surface area contributed by atoms with Gasteiger partial charge in [0.2, 0.25) is 0 Å². The minimum absolute atomic E-state index is 0.0943. The van der Waals surface area contributed by atoms with Crippen molar-refractivity contribution < 1.29 is 4.79 Å². The lowest BCUT2D eigenvalue weighted by Gasteiger charge is -2.17. The van der Waals surface area contributed by atoms with Gasteiger partial charge in [0.15, 0.2) is 17.4 Å². The first-order valence-electron chi connectivity index (χ1n) is 9.80. The predicted octanol–water partition coefficient (Wildman–Crippen LogP) is 3.88. The fraction of sp³-hybridized carbons (Fsp3) is 0.261. The van der Waals surface area contributed by atoms with E-state index < -0.39 is 0 Å². The summed E-state index contributed by atoms with van der Waals surface area (Å²) in [5.41, 5.74) is 1.84. The summed E-state index contributed by atoms with van der Waals surface area (Å²) in [6.45, 7) is 5.64. The average molecular weight is 424 g/mol. The number of benzene rings is 2. The number of ketones is 1. The van der Waals surface area contributed by atoms with E-state index in [9.17, 15) is 4.79 Å². The smallest absolute Gasteiger partial charge is 0.195 e. The van der Waals surface area contributed by atoms with Crippen molar-refractivity contribution in [3.05, 3.63) is 89.0 Å². The molecule has 7 heteroatoms. The Morgan fingerprint density at radius 3 is 2.60 bits per heavy atom. The van der Waals surface area contributed by atoms with Gasteiger partial charge in [-0.1, -0.05) is 48.0 Å². The first kappa shape index (κ1) is 21.9. The molecule has 0 bridgehead atoms. The largest absolute Gasteiger partial charge is 0.310 e. The van der Waals surface area contributed by atoms with Crippen LogP contribution in [0.15, 0.2) is 61.2 Å². The number of carbonyl (C=O) groups excluding carboxylic acids is 1. The van der Waals surface area contributed by atoms with Crippen LogP contribution in [-0.4, -0.2) is 46.1 Å². The second-order valence-electron chi connectivity index (χ2n) is 7.22. The van der Waals surface area contributed by atoms with Crippen molar-refractivity contribution in [1.29, 1.82) is 0 Å². The zero-order valence-electron chi connectivity index (χ0n) is 17.3. The summed E-state index contributed by atoms with van der Waals surface area (Å²) in [7, 11) is 3.94. The topological polar surface area (TPSA) is 63.1 Å². The Kier molecular flexibility index (Phi) is 7.52. The Labute approximate surface area is 182 Å². The van der Waals surface area contributed by atoms with Crippen molar-refractivity contribution in [2.24, 2.45) is 0 Å². The molecule has 0 aliphatic heterocycles. The van der Waals surface area contributed by atoms with Gasteiger partial charge in [-0.3, -0.25) is 9.36 Å². The maximum Gasteiger partial charge on any atom is 0.195 e. The summed E-state index contributed by atoms with van der Waals surface area (Å²) >= 11 is 6.27. The van der Waals surface area contributed by atoms with Crippen molar-refractivity contribution in [2.75, 3.05) is 20.6 Å². The molecule has 0 spiro atoms. The fourth-order valence-electron chi connectivity index (χ4n) is 3.17. The van der Waals surface area contributed by atoms with Gasteiger partial charge >= 0.3 is 0 Å². The summed E-state index contributed by atoms with van der Waals surface area (Å²) in [6.07, 6.45) is 2.72. The first-order valence-corrected chi connectivity index (χ1v) is 10.2. The number of halogens is 1. The zero-order valence-corrected chi connectivity index (χ0v) is 18.1. The van der Waals surface area contributed by atoms with Crippen molar-refractivity contribution in [3.8, 4) is 5.69 Å². The van der Waals surface area contributed by atoms with E-state index in [0.717, 1.165) is 30.3 Å².